The van der Waals surface area contributed by atoms with Gasteiger partial charge in [-0.2, -0.15) is 0 Å². The lowest BCUT2D eigenvalue weighted by atomic mass is 10.2. The number of ketones is 1. The number of halogens is 2. The summed E-state index contributed by atoms with van der Waals surface area (Å²) in [6, 6.07) is 4.35. The first-order valence-corrected chi connectivity index (χ1v) is 5.16. The number of hydrogen-bond acceptors (Lipinski definition) is 2. The van der Waals surface area contributed by atoms with Gasteiger partial charge in [0.1, 0.15) is 11.6 Å². The van der Waals surface area contributed by atoms with Crippen molar-refractivity contribution in [2.75, 3.05) is 11.9 Å². The van der Waals surface area contributed by atoms with E-state index in [1.165, 1.54) is 18.2 Å². The number of hydrogen-bond donors (Lipinski definition) is 1. The lowest BCUT2D eigenvalue weighted by Crippen LogP contribution is -2.05. The van der Waals surface area contributed by atoms with Crippen LogP contribution in [0.1, 0.15) is 19.8 Å². The molecule has 0 aliphatic rings. The third-order valence-electron chi connectivity index (χ3n) is 1.95. The van der Waals surface area contributed by atoms with E-state index in [0.29, 0.717) is 30.1 Å². The van der Waals surface area contributed by atoms with Crippen molar-refractivity contribution in [3.8, 4) is 0 Å². The van der Waals surface area contributed by atoms with E-state index in [4.69, 9.17) is 11.6 Å². The highest BCUT2D eigenvalue weighted by molar-refractivity contribution is 6.30. The van der Waals surface area contributed by atoms with Crippen LogP contribution in [0.25, 0.3) is 0 Å². The molecule has 0 fully saturated rings. The van der Waals surface area contributed by atoms with E-state index >= 15 is 0 Å². The Morgan fingerprint density at radius 2 is 2.27 bits per heavy atom. The topological polar surface area (TPSA) is 29.1 Å². The maximum atomic E-state index is 13.2. The number of rotatable bonds is 5. The van der Waals surface area contributed by atoms with E-state index in [9.17, 15) is 9.18 Å². The van der Waals surface area contributed by atoms with E-state index in [0.717, 1.165) is 0 Å². The highest BCUT2D eigenvalue weighted by atomic mass is 35.5. The van der Waals surface area contributed by atoms with Crippen LogP contribution in [0.15, 0.2) is 18.2 Å². The Kier molecular flexibility index (Phi) is 4.56. The van der Waals surface area contributed by atoms with Gasteiger partial charge < -0.3 is 10.1 Å². The van der Waals surface area contributed by atoms with Gasteiger partial charge in [-0.1, -0.05) is 11.6 Å². The number of carbonyl (C=O) groups excluding carboxylic acids is 1. The average molecular weight is 230 g/mol. The van der Waals surface area contributed by atoms with Crippen molar-refractivity contribution in [2.24, 2.45) is 0 Å². The van der Waals surface area contributed by atoms with Crippen LogP contribution < -0.4 is 5.32 Å². The number of anilines is 1. The average Bonchev–Trinajstić information content (AvgIpc) is 2.17. The van der Waals surface area contributed by atoms with Crippen molar-refractivity contribution in [1.82, 2.24) is 0 Å². The summed E-state index contributed by atoms with van der Waals surface area (Å²) < 4.78 is 13.2. The Morgan fingerprint density at radius 3 is 2.93 bits per heavy atom. The van der Waals surface area contributed by atoms with Gasteiger partial charge in [0.05, 0.1) is 5.69 Å². The predicted molar refractivity (Wildman–Crippen MR) is 59.8 cm³/mol. The summed E-state index contributed by atoms with van der Waals surface area (Å²) in [6.45, 7) is 2.11. The number of nitrogens with one attached hydrogen (secondary N) is 1. The molecular weight excluding hydrogens is 217 g/mol. The van der Waals surface area contributed by atoms with Gasteiger partial charge in [0.25, 0.3) is 0 Å². The Balaban J connectivity index is 2.43. The summed E-state index contributed by atoms with van der Waals surface area (Å²) in [7, 11) is 0. The van der Waals surface area contributed by atoms with Crippen molar-refractivity contribution in [2.45, 2.75) is 19.8 Å². The fourth-order valence-electron chi connectivity index (χ4n) is 1.19. The predicted octanol–water partition coefficient (Wildman–Crippen LogP) is 3.26. The minimum Gasteiger partial charge on any atom is -0.383 e. The maximum absolute atomic E-state index is 13.2. The molecule has 2 nitrogen and oxygen atoms in total. The van der Waals surface area contributed by atoms with E-state index < -0.39 is 0 Å². The molecule has 82 valence electrons. The van der Waals surface area contributed by atoms with Crippen molar-refractivity contribution in [1.29, 1.82) is 0 Å². The highest BCUT2D eigenvalue weighted by Gasteiger charge is 2.01. The van der Waals surface area contributed by atoms with Crippen molar-refractivity contribution in [3.05, 3.63) is 29.0 Å². The summed E-state index contributed by atoms with van der Waals surface area (Å²) in [5, 5.41) is 3.39. The third-order valence-corrected chi connectivity index (χ3v) is 2.18. The molecule has 1 aromatic rings. The molecule has 0 saturated carbocycles. The highest BCUT2D eigenvalue weighted by Crippen LogP contribution is 2.19. The maximum Gasteiger partial charge on any atom is 0.146 e. The SMILES string of the molecule is CC(=O)CCCNc1cc(Cl)ccc1F. The molecule has 0 aliphatic carbocycles. The first kappa shape index (κ1) is 12.0. The van der Waals surface area contributed by atoms with Crippen molar-refractivity contribution in [3.63, 3.8) is 0 Å². The molecule has 4 heteroatoms. The zero-order chi connectivity index (χ0) is 11.3. The molecule has 0 atom stereocenters. The van der Waals surface area contributed by atoms with Crippen LogP contribution in [-0.2, 0) is 4.79 Å². The van der Waals surface area contributed by atoms with Crippen LogP contribution in [0, 0.1) is 5.82 Å². The van der Waals surface area contributed by atoms with E-state index in [-0.39, 0.29) is 11.6 Å². The molecule has 1 N–H and O–H groups in total. The Labute approximate surface area is 93.4 Å². The molecule has 0 radical (unpaired) electrons. The molecule has 0 amide bonds. The summed E-state index contributed by atoms with van der Waals surface area (Å²) in [6.07, 6.45) is 1.20. The monoisotopic (exact) mass is 229 g/mol. The van der Waals surface area contributed by atoms with E-state index in [2.05, 4.69) is 5.32 Å². The molecule has 0 saturated heterocycles. The lowest BCUT2D eigenvalue weighted by Gasteiger charge is -2.06. The molecule has 0 aromatic heterocycles. The minimum absolute atomic E-state index is 0.142. The van der Waals surface area contributed by atoms with Gasteiger partial charge in [0, 0.05) is 18.0 Å². The van der Waals surface area contributed by atoms with Crippen molar-refractivity contribution < 1.29 is 9.18 Å². The standard InChI is InChI=1S/C11H13ClFNO/c1-8(15)3-2-6-14-11-7-9(12)4-5-10(11)13/h4-5,7,14H,2-3,6H2,1H3. The van der Waals surface area contributed by atoms with Crippen LogP contribution in [0.4, 0.5) is 10.1 Å². The molecule has 0 aliphatic heterocycles. The van der Waals surface area contributed by atoms with Gasteiger partial charge >= 0.3 is 0 Å². The molecular formula is C11H13ClFNO. The molecule has 1 rings (SSSR count). The second-order valence-electron chi connectivity index (χ2n) is 3.36. The number of carbonyl (C=O) groups is 1. The second kappa shape index (κ2) is 5.71. The van der Waals surface area contributed by atoms with Crippen LogP contribution in [0.3, 0.4) is 0 Å². The van der Waals surface area contributed by atoms with Gasteiger partial charge in [0.15, 0.2) is 0 Å². The van der Waals surface area contributed by atoms with Crippen LogP contribution in [0.2, 0.25) is 5.02 Å². The summed E-state index contributed by atoms with van der Waals surface area (Å²) in [5.41, 5.74) is 0.381. The molecule has 1 aromatic carbocycles. The minimum atomic E-state index is -0.331. The lowest BCUT2D eigenvalue weighted by molar-refractivity contribution is -0.117. The van der Waals surface area contributed by atoms with Gasteiger partial charge in [-0.3, -0.25) is 0 Å². The zero-order valence-electron chi connectivity index (χ0n) is 8.52. The van der Waals surface area contributed by atoms with Crippen LogP contribution >= 0.6 is 11.6 Å². The first-order chi connectivity index (χ1) is 7.09. The molecule has 0 bridgehead atoms. The zero-order valence-corrected chi connectivity index (χ0v) is 9.27. The summed E-state index contributed by atoms with van der Waals surface area (Å²) in [4.78, 5) is 10.7. The van der Waals surface area contributed by atoms with Gasteiger partial charge in [-0.05, 0) is 31.5 Å². The van der Waals surface area contributed by atoms with Gasteiger partial charge in [-0.25, -0.2) is 4.39 Å². The van der Waals surface area contributed by atoms with E-state index in [1.54, 1.807) is 6.92 Å². The normalized spacial score (nSPS) is 10.1. The quantitative estimate of drug-likeness (QED) is 0.786. The number of Topliss-reactive ketones (excluding diaryl/α,β-unsaturated/α-hetero) is 1. The van der Waals surface area contributed by atoms with Gasteiger partial charge in [-0.15, -0.1) is 0 Å². The Morgan fingerprint density at radius 1 is 1.53 bits per heavy atom. The van der Waals surface area contributed by atoms with Crippen molar-refractivity contribution >= 4 is 23.1 Å². The number of benzene rings is 1. The van der Waals surface area contributed by atoms with Crippen LogP contribution in [-0.4, -0.2) is 12.3 Å². The second-order valence-corrected chi connectivity index (χ2v) is 3.79. The molecule has 0 unspecified atom stereocenters. The largest absolute Gasteiger partial charge is 0.383 e. The van der Waals surface area contributed by atoms with Crippen LogP contribution in [0.5, 0.6) is 0 Å². The van der Waals surface area contributed by atoms with Gasteiger partial charge in [0.2, 0.25) is 0 Å². The fraction of sp³-hybridized carbons (Fsp3) is 0.364. The molecule has 15 heavy (non-hydrogen) atoms. The summed E-state index contributed by atoms with van der Waals surface area (Å²) in [5.74, 6) is -0.189. The Bertz CT molecular complexity index is 354. The summed E-state index contributed by atoms with van der Waals surface area (Å²) >= 11 is 5.72. The smallest absolute Gasteiger partial charge is 0.146 e. The molecule has 0 spiro atoms. The third kappa shape index (κ3) is 4.30. The Hall–Kier alpha value is -1.09. The first-order valence-electron chi connectivity index (χ1n) is 4.78. The molecule has 0 heterocycles. The fourth-order valence-corrected chi connectivity index (χ4v) is 1.37. The van der Waals surface area contributed by atoms with E-state index in [1.807, 2.05) is 0 Å².